The maximum atomic E-state index is 13.1. The molecule has 2 aromatic heterocycles. The average molecular weight is 460 g/mol. The van der Waals surface area contributed by atoms with Crippen LogP contribution in [0, 0.1) is 5.82 Å². The molecule has 5 aromatic rings. The number of aromatic nitrogens is 4. The maximum Gasteiger partial charge on any atom is 0.261 e. The van der Waals surface area contributed by atoms with Crippen LogP contribution < -0.4 is 10.0 Å². The van der Waals surface area contributed by atoms with Crippen molar-refractivity contribution in [2.45, 2.75) is 4.90 Å². The minimum absolute atomic E-state index is 0.0389. The van der Waals surface area contributed by atoms with Crippen molar-refractivity contribution in [3.8, 4) is 11.3 Å². The second-order valence-corrected chi connectivity index (χ2v) is 8.85. The van der Waals surface area contributed by atoms with Gasteiger partial charge in [0.15, 0.2) is 0 Å². The molecular formula is C23H17FN6O2S. The van der Waals surface area contributed by atoms with E-state index in [4.69, 9.17) is 0 Å². The number of hydrogen-bond acceptors (Lipinski definition) is 6. The van der Waals surface area contributed by atoms with Gasteiger partial charge < -0.3 is 10.3 Å². The molecule has 10 heteroatoms. The molecule has 0 spiro atoms. The first-order valence-corrected chi connectivity index (χ1v) is 11.4. The number of fused-ring (bicyclic) bond motifs is 1. The minimum atomic E-state index is -3.87. The molecule has 5 rings (SSSR count). The molecule has 0 aliphatic rings. The molecule has 3 N–H and O–H groups in total. The third-order valence-electron chi connectivity index (χ3n) is 4.87. The quantitative estimate of drug-likeness (QED) is 0.338. The standard InChI is InChI=1S/C23H17FN6O2S/c24-16-5-7-17(8-6-16)30-33(31,32)19-3-1-2-18(13-19)28-23-25-11-10-20(29-23)15-4-9-21-22(12-15)27-14-26-21/h1-14,30H,(H,26,27)(H,25,28,29). The highest BCUT2D eigenvalue weighted by molar-refractivity contribution is 7.92. The van der Waals surface area contributed by atoms with Gasteiger partial charge in [0.1, 0.15) is 5.82 Å². The minimum Gasteiger partial charge on any atom is -0.345 e. The SMILES string of the molecule is O=S(=O)(Nc1ccc(F)cc1)c1cccc(Nc2nccc(-c3ccc4[nH]cnc4c3)n2)c1. The molecule has 0 unspecified atom stereocenters. The van der Waals surface area contributed by atoms with Crippen LogP contribution in [0.3, 0.4) is 0 Å². The third-order valence-corrected chi connectivity index (χ3v) is 6.25. The van der Waals surface area contributed by atoms with Crippen molar-refractivity contribution in [1.82, 2.24) is 19.9 Å². The van der Waals surface area contributed by atoms with Gasteiger partial charge in [0.05, 0.1) is 28.0 Å². The lowest BCUT2D eigenvalue weighted by molar-refractivity contribution is 0.601. The zero-order valence-electron chi connectivity index (χ0n) is 17.0. The molecule has 0 amide bonds. The molecule has 2 heterocycles. The summed E-state index contributed by atoms with van der Waals surface area (Å²) in [5.41, 5.74) is 4.08. The fourth-order valence-electron chi connectivity index (χ4n) is 3.27. The van der Waals surface area contributed by atoms with Crippen molar-refractivity contribution in [2.24, 2.45) is 0 Å². The Balaban J connectivity index is 1.38. The summed E-state index contributed by atoms with van der Waals surface area (Å²) in [4.78, 5) is 16.1. The number of anilines is 3. The Bertz CT molecular complexity index is 1550. The molecule has 0 fully saturated rings. The van der Waals surface area contributed by atoms with E-state index in [1.165, 1.54) is 36.4 Å². The molecule has 164 valence electrons. The smallest absolute Gasteiger partial charge is 0.261 e. The van der Waals surface area contributed by atoms with Gasteiger partial charge in [0, 0.05) is 23.1 Å². The molecule has 0 saturated carbocycles. The van der Waals surface area contributed by atoms with Crippen LogP contribution in [0.5, 0.6) is 0 Å². The van der Waals surface area contributed by atoms with Gasteiger partial charge in [0.2, 0.25) is 5.95 Å². The van der Waals surface area contributed by atoms with Crippen LogP contribution in [0.15, 0.2) is 90.2 Å². The van der Waals surface area contributed by atoms with Crippen LogP contribution in [0.4, 0.5) is 21.7 Å². The number of halogens is 1. The van der Waals surface area contributed by atoms with E-state index in [1.807, 2.05) is 18.2 Å². The third kappa shape index (κ3) is 4.51. The summed E-state index contributed by atoms with van der Waals surface area (Å²) in [6.45, 7) is 0. The molecule has 0 bridgehead atoms. The van der Waals surface area contributed by atoms with Crippen molar-refractivity contribution < 1.29 is 12.8 Å². The highest BCUT2D eigenvalue weighted by Crippen LogP contribution is 2.24. The van der Waals surface area contributed by atoms with Crippen LogP contribution in [-0.2, 0) is 10.0 Å². The number of H-pyrrole nitrogens is 1. The van der Waals surface area contributed by atoms with E-state index in [0.717, 1.165) is 16.6 Å². The van der Waals surface area contributed by atoms with E-state index in [-0.39, 0.29) is 10.6 Å². The van der Waals surface area contributed by atoms with E-state index in [1.54, 1.807) is 30.7 Å². The van der Waals surface area contributed by atoms with E-state index < -0.39 is 15.8 Å². The van der Waals surface area contributed by atoms with E-state index in [2.05, 4.69) is 30.0 Å². The molecule has 3 aromatic carbocycles. The van der Waals surface area contributed by atoms with Crippen molar-refractivity contribution in [3.05, 3.63) is 91.1 Å². The fraction of sp³-hybridized carbons (Fsp3) is 0. The van der Waals surface area contributed by atoms with Crippen LogP contribution in [0.25, 0.3) is 22.3 Å². The average Bonchev–Trinajstić information content (AvgIpc) is 3.29. The number of imidazole rings is 1. The molecule has 33 heavy (non-hydrogen) atoms. The summed E-state index contributed by atoms with van der Waals surface area (Å²) >= 11 is 0. The van der Waals surface area contributed by atoms with E-state index in [9.17, 15) is 12.8 Å². The van der Waals surface area contributed by atoms with Crippen LogP contribution in [-0.4, -0.2) is 28.4 Å². The maximum absolute atomic E-state index is 13.1. The van der Waals surface area contributed by atoms with Crippen LogP contribution in [0.1, 0.15) is 0 Å². The molecule has 0 atom stereocenters. The Morgan fingerprint density at radius 1 is 0.879 bits per heavy atom. The summed E-state index contributed by atoms with van der Waals surface area (Å²) in [5.74, 6) is -0.133. The van der Waals surface area contributed by atoms with E-state index >= 15 is 0 Å². The molecule has 0 aliphatic heterocycles. The highest BCUT2D eigenvalue weighted by Gasteiger charge is 2.15. The molecular weight excluding hydrogens is 443 g/mol. The summed E-state index contributed by atoms with van der Waals surface area (Å²) in [7, 11) is -3.87. The topological polar surface area (TPSA) is 113 Å². The Hall–Kier alpha value is -4.31. The number of hydrogen-bond donors (Lipinski definition) is 3. The fourth-order valence-corrected chi connectivity index (χ4v) is 4.38. The normalized spacial score (nSPS) is 11.4. The van der Waals surface area contributed by atoms with Crippen LogP contribution in [0.2, 0.25) is 0 Å². The second kappa shape index (κ2) is 8.32. The predicted octanol–water partition coefficient (Wildman–Crippen LogP) is 4.70. The number of nitrogens with one attached hydrogen (secondary N) is 3. The Morgan fingerprint density at radius 2 is 1.73 bits per heavy atom. The molecule has 0 aliphatic carbocycles. The number of rotatable bonds is 6. The van der Waals surface area contributed by atoms with Crippen molar-refractivity contribution in [2.75, 3.05) is 10.0 Å². The number of sulfonamides is 1. The lowest BCUT2D eigenvalue weighted by Gasteiger charge is -2.11. The van der Waals surface area contributed by atoms with Gasteiger partial charge >= 0.3 is 0 Å². The van der Waals surface area contributed by atoms with Crippen molar-refractivity contribution in [1.29, 1.82) is 0 Å². The van der Waals surface area contributed by atoms with Gasteiger partial charge in [-0.05, 0) is 60.7 Å². The van der Waals surface area contributed by atoms with Gasteiger partial charge in [-0.15, -0.1) is 0 Å². The Morgan fingerprint density at radius 3 is 2.58 bits per heavy atom. The van der Waals surface area contributed by atoms with Gasteiger partial charge in [-0.2, -0.15) is 0 Å². The number of benzene rings is 3. The first-order valence-electron chi connectivity index (χ1n) is 9.88. The highest BCUT2D eigenvalue weighted by atomic mass is 32.2. The van der Waals surface area contributed by atoms with Gasteiger partial charge in [-0.3, -0.25) is 4.72 Å². The summed E-state index contributed by atoms with van der Waals surface area (Å²) in [6.07, 6.45) is 3.25. The second-order valence-electron chi connectivity index (χ2n) is 7.17. The van der Waals surface area contributed by atoms with Crippen molar-refractivity contribution >= 4 is 38.4 Å². The van der Waals surface area contributed by atoms with Gasteiger partial charge in [-0.25, -0.2) is 27.8 Å². The summed E-state index contributed by atoms with van der Waals surface area (Å²) < 4.78 is 41.0. The Labute approximate surface area is 188 Å². The zero-order valence-corrected chi connectivity index (χ0v) is 17.8. The van der Waals surface area contributed by atoms with Gasteiger partial charge in [-0.1, -0.05) is 12.1 Å². The number of nitrogens with zero attached hydrogens (tertiary/aromatic N) is 3. The largest absolute Gasteiger partial charge is 0.345 e. The molecule has 0 saturated heterocycles. The number of aromatic amines is 1. The lowest BCUT2D eigenvalue weighted by Crippen LogP contribution is -2.13. The molecule has 0 radical (unpaired) electrons. The summed E-state index contributed by atoms with van der Waals surface area (Å²) in [6, 6.07) is 18.9. The predicted molar refractivity (Wildman–Crippen MR) is 124 cm³/mol. The summed E-state index contributed by atoms with van der Waals surface area (Å²) in [5, 5.41) is 3.04. The first-order chi connectivity index (χ1) is 16.0. The van der Waals surface area contributed by atoms with Crippen molar-refractivity contribution in [3.63, 3.8) is 0 Å². The zero-order chi connectivity index (χ0) is 22.8. The Kier molecular flexibility index (Phi) is 5.19. The van der Waals surface area contributed by atoms with Crippen LogP contribution >= 0.6 is 0 Å². The van der Waals surface area contributed by atoms with E-state index in [0.29, 0.717) is 17.3 Å². The first kappa shape index (κ1) is 20.6. The lowest BCUT2D eigenvalue weighted by atomic mass is 10.1. The van der Waals surface area contributed by atoms with Gasteiger partial charge in [0.25, 0.3) is 10.0 Å². The monoisotopic (exact) mass is 460 g/mol. The molecule has 8 nitrogen and oxygen atoms in total.